The Morgan fingerprint density at radius 2 is 1.74 bits per heavy atom. The number of fused-ring (bicyclic) bond motifs is 1. The van der Waals surface area contributed by atoms with E-state index in [-0.39, 0.29) is 17.2 Å². The fourth-order valence-electron chi connectivity index (χ4n) is 6.82. The first-order valence-electron chi connectivity index (χ1n) is 16.2. The molecule has 1 saturated carbocycles. The van der Waals surface area contributed by atoms with Crippen molar-refractivity contribution in [3.63, 3.8) is 0 Å². The number of nitrogens with two attached hydrogens (primary N) is 1. The first-order chi connectivity index (χ1) is 22.9. The highest BCUT2D eigenvalue weighted by atomic mass is 32.1. The lowest BCUT2D eigenvalue weighted by atomic mass is 9.79. The molecule has 2 amide bonds. The molecule has 10 nitrogen and oxygen atoms in total. The Labute approximate surface area is 278 Å². The van der Waals surface area contributed by atoms with Gasteiger partial charge in [0.1, 0.15) is 16.3 Å². The number of nitrogens with zero attached hydrogens (tertiary/aromatic N) is 4. The third-order valence-corrected chi connectivity index (χ3v) is 10.4. The number of aryl methyl sites for hydroxylation is 1. The van der Waals surface area contributed by atoms with Gasteiger partial charge in [0.2, 0.25) is 0 Å². The summed E-state index contributed by atoms with van der Waals surface area (Å²) >= 11 is 1.68. The summed E-state index contributed by atoms with van der Waals surface area (Å²) in [5.74, 6) is -0.294. The zero-order valence-electron chi connectivity index (χ0n) is 26.5. The molecule has 0 bridgehead atoms. The van der Waals surface area contributed by atoms with Gasteiger partial charge >= 0.3 is 0 Å². The molecule has 4 heterocycles. The number of morpholine rings is 1. The molecule has 11 heteroatoms. The highest BCUT2D eigenvalue weighted by Gasteiger charge is 2.40. The second kappa shape index (κ2) is 13.3. The lowest BCUT2D eigenvalue weighted by Gasteiger charge is -2.27. The van der Waals surface area contributed by atoms with Crippen LogP contribution in [0.4, 0.5) is 11.4 Å². The Morgan fingerprint density at radius 1 is 0.979 bits per heavy atom. The van der Waals surface area contributed by atoms with Crippen LogP contribution < -0.4 is 16.4 Å². The minimum absolute atomic E-state index is 0.102. The molecule has 4 N–H and O–H groups in total. The van der Waals surface area contributed by atoms with Gasteiger partial charge in [-0.25, -0.2) is 9.97 Å². The topological polar surface area (TPSA) is 127 Å². The van der Waals surface area contributed by atoms with Crippen molar-refractivity contribution in [2.75, 3.05) is 50.4 Å². The van der Waals surface area contributed by atoms with Gasteiger partial charge in [0.05, 0.1) is 36.0 Å². The van der Waals surface area contributed by atoms with Gasteiger partial charge in [-0.05, 0) is 61.7 Å². The second-order valence-corrected chi connectivity index (χ2v) is 13.2. The number of carbonyl (C=O) groups excluding carboxylic acids is 2. The SMILES string of the molecule is Cc1nc2cc(C(=O)NCCN3CCOCC3)ccn2c1-c1csc(C2(c3ccc(C(=O)Nc4ccccc4N)cc3)CCCC2)n1. The molecule has 0 atom stereocenters. The number of nitrogen functional groups attached to an aromatic ring is 1. The molecule has 1 aliphatic carbocycles. The van der Waals surface area contributed by atoms with Gasteiger partial charge in [0, 0.05) is 54.3 Å². The minimum Gasteiger partial charge on any atom is -0.397 e. The molecular formula is C36H39N7O3S. The molecule has 0 spiro atoms. The van der Waals surface area contributed by atoms with Crippen LogP contribution in [0.5, 0.6) is 0 Å². The fraction of sp³-hybridized carbons (Fsp3) is 0.333. The molecule has 2 fully saturated rings. The van der Waals surface area contributed by atoms with Crippen LogP contribution in [0.3, 0.4) is 0 Å². The molecule has 1 aliphatic heterocycles. The van der Waals surface area contributed by atoms with E-state index in [2.05, 4.69) is 33.0 Å². The molecule has 0 radical (unpaired) electrons. The number of amides is 2. The van der Waals surface area contributed by atoms with Gasteiger partial charge < -0.3 is 21.1 Å². The highest BCUT2D eigenvalue weighted by Crippen LogP contribution is 2.48. The number of benzene rings is 2. The Hall–Kier alpha value is -4.58. The van der Waals surface area contributed by atoms with E-state index in [1.165, 1.54) is 5.56 Å². The number of carbonyl (C=O) groups is 2. The quantitative estimate of drug-likeness (QED) is 0.180. The van der Waals surface area contributed by atoms with Crippen molar-refractivity contribution in [3.05, 3.63) is 99.6 Å². The number of rotatable bonds is 9. The van der Waals surface area contributed by atoms with Gasteiger partial charge in [0.25, 0.3) is 11.8 Å². The van der Waals surface area contributed by atoms with Crippen LogP contribution >= 0.6 is 11.3 Å². The van der Waals surface area contributed by atoms with E-state index in [9.17, 15) is 9.59 Å². The van der Waals surface area contributed by atoms with Gasteiger partial charge in [-0.2, -0.15) is 0 Å². The Morgan fingerprint density at radius 3 is 2.51 bits per heavy atom. The summed E-state index contributed by atoms with van der Waals surface area (Å²) in [6.07, 6.45) is 6.16. The highest BCUT2D eigenvalue weighted by molar-refractivity contribution is 7.10. The third kappa shape index (κ3) is 6.26. The predicted molar refractivity (Wildman–Crippen MR) is 185 cm³/mol. The van der Waals surface area contributed by atoms with Gasteiger partial charge in [0.15, 0.2) is 0 Å². The number of imidazole rings is 1. The second-order valence-electron chi connectivity index (χ2n) is 12.3. The number of hydrogen-bond donors (Lipinski definition) is 3. The van der Waals surface area contributed by atoms with Crippen molar-refractivity contribution >= 4 is 40.2 Å². The summed E-state index contributed by atoms with van der Waals surface area (Å²) in [6.45, 7) is 6.66. The first-order valence-corrected chi connectivity index (χ1v) is 17.1. The van der Waals surface area contributed by atoms with E-state index in [0.29, 0.717) is 29.0 Å². The van der Waals surface area contributed by atoms with Crippen LogP contribution in [-0.2, 0) is 10.2 Å². The standard InChI is InChI=1S/C36H39N7O3S/c1-24-32(43-16-12-26(22-31(43)39-24)33(44)38-15-17-42-18-20-46-21-19-42)30-23-47-35(41-30)36(13-4-5-14-36)27-10-8-25(9-11-27)34(45)40-29-7-3-2-6-28(29)37/h2-3,6-12,16,22-23H,4-5,13-15,17-21,37H2,1H3,(H,38,44)(H,40,45). The van der Waals surface area contributed by atoms with Crippen molar-refractivity contribution in [2.45, 2.75) is 38.0 Å². The van der Waals surface area contributed by atoms with E-state index in [0.717, 1.165) is 86.3 Å². The van der Waals surface area contributed by atoms with E-state index in [1.807, 2.05) is 53.9 Å². The largest absolute Gasteiger partial charge is 0.397 e. The smallest absolute Gasteiger partial charge is 0.255 e. The summed E-state index contributed by atoms with van der Waals surface area (Å²) in [5, 5.41) is 9.15. The molecule has 3 aromatic heterocycles. The van der Waals surface area contributed by atoms with Crippen molar-refractivity contribution in [1.29, 1.82) is 0 Å². The van der Waals surface area contributed by atoms with E-state index >= 15 is 0 Å². The molecule has 2 aromatic carbocycles. The number of nitrogens with one attached hydrogen (secondary N) is 2. The predicted octanol–water partition coefficient (Wildman–Crippen LogP) is 5.52. The number of anilines is 2. The van der Waals surface area contributed by atoms with Crippen LogP contribution in [0.25, 0.3) is 17.0 Å². The first kappa shape index (κ1) is 31.0. The van der Waals surface area contributed by atoms with Crippen LogP contribution in [0.1, 0.15) is 62.7 Å². The molecule has 2 aliphatic rings. The van der Waals surface area contributed by atoms with Crippen LogP contribution in [0.15, 0.2) is 72.2 Å². The Kier molecular flexibility index (Phi) is 8.76. The van der Waals surface area contributed by atoms with Crippen LogP contribution in [0.2, 0.25) is 0 Å². The van der Waals surface area contributed by atoms with Gasteiger partial charge in [-0.3, -0.25) is 18.9 Å². The molecule has 1 saturated heterocycles. The van der Waals surface area contributed by atoms with E-state index in [1.54, 1.807) is 23.5 Å². The molecule has 0 unspecified atom stereocenters. The van der Waals surface area contributed by atoms with Gasteiger partial charge in [-0.15, -0.1) is 11.3 Å². The van der Waals surface area contributed by atoms with Gasteiger partial charge in [-0.1, -0.05) is 37.1 Å². The fourth-order valence-corrected chi connectivity index (χ4v) is 7.91. The number of para-hydroxylation sites is 2. The van der Waals surface area contributed by atoms with Crippen LogP contribution in [-0.4, -0.2) is 70.5 Å². The third-order valence-electron chi connectivity index (χ3n) is 9.40. The average Bonchev–Trinajstić information content (AvgIpc) is 3.85. The number of aromatic nitrogens is 3. The summed E-state index contributed by atoms with van der Waals surface area (Å²) in [5.41, 5.74) is 12.7. The van der Waals surface area contributed by atoms with Crippen molar-refractivity contribution in [2.24, 2.45) is 0 Å². The number of pyridine rings is 1. The average molecular weight is 650 g/mol. The lowest BCUT2D eigenvalue weighted by molar-refractivity contribution is 0.0383. The number of thiazole rings is 1. The zero-order chi connectivity index (χ0) is 32.4. The maximum absolute atomic E-state index is 13.0. The summed E-state index contributed by atoms with van der Waals surface area (Å²) in [6, 6.07) is 18.9. The number of hydrogen-bond acceptors (Lipinski definition) is 8. The minimum atomic E-state index is -0.206. The van der Waals surface area contributed by atoms with Crippen molar-refractivity contribution in [3.8, 4) is 11.4 Å². The maximum Gasteiger partial charge on any atom is 0.255 e. The summed E-state index contributed by atoms with van der Waals surface area (Å²) in [4.78, 5) is 38.3. The zero-order valence-corrected chi connectivity index (χ0v) is 27.3. The normalized spacial score (nSPS) is 16.4. The maximum atomic E-state index is 13.0. The lowest BCUT2D eigenvalue weighted by Crippen LogP contribution is -2.41. The molecule has 47 heavy (non-hydrogen) atoms. The Bertz CT molecular complexity index is 1900. The molecular weight excluding hydrogens is 611 g/mol. The van der Waals surface area contributed by atoms with Crippen molar-refractivity contribution in [1.82, 2.24) is 24.6 Å². The molecule has 242 valence electrons. The summed E-state index contributed by atoms with van der Waals surface area (Å²) < 4.78 is 7.43. The molecule has 7 rings (SSSR count). The van der Waals surface area contributed by atoms with E-state index < -0.39 is 0 Å². The van der Waals surface area contributed by atoms with E-state index in [4.69, 9.17) is 20.4 Å². The summed E-state index contributed by atoms with van der Waals surface area (Å²) in [7, 11) is 0. The number of ether oxygens (including phenoxy) is 1. The monoisotopic (exact) mass is 649 g/mol. The Balaban J connectivity index is 1.09. The van der Waals surface area contributed by atoms with Crippen LogP contribution in [0, 0.1) is 6.92 Å². The molecule has 5 aromatic rings. The van der Waals surface area contributed by atoms with Crippen molar-refractivity contribution < 1.29 is 14.3 Å².